The first-order chi connectivity index (χ1) is 9.20. The molecular weight excluding hydrogens is 289 g/mol. The van der Waals surface area contributed by atoms with Crippen LogP contribution in [0.15, 0.2) is 6.07 Å². The second kappa shape index (κ2) is 6.02. The van der Waals surface area contributed by atoms with E-state index in [1.54, 1.807) is 0 Å². The molecule has 0 fully saturated rings. The molecule has 0 N–H and O–H groups in total. The van der Waals surface area contributed by atoms with Crippen molar-refractivity contribution in [3.05, 3.63) is 23.0 Å². The summed E-state index contributed by atoms with van der Waals surface area (Å²) in [7, 11) is 1.89. The molecule has 0 radical (unpaired) electrons. The van der Waals surface area contributed by atoms with Gasteiger partial charge in [0.1, 0.15) is 5.75 Å². The average Bonchev–Trinajstić information content (AvgIpc) is 2.36. The van der Waals surface area contributed by atoms with Gasteiger partial charge in [0, 0.05) is 5.56 Å². The number of aromatic nitrogens is 1. The number of methoxy groups -OCH3 is 2. The van der Waals surface area contributed by atoms with Crippen LogP contribution in [0.1, 0.15) is 23.4 Å². The van der Waals surface area contributed by atoms with Crippen LogP contribution in [0.5, 0.6) is 5.75 Å². The van der Waals surface area contributed by atoms with Gasteiger partial charge in [-0.1, -0.05) is 0 Å². The highest BCUT2D eigenvalue weighted by atomic mass is 19.4. The number of alkyl halides is 5. The van der Waals surface area contributed by atoms with E-state index >= 15 is 0 Å². The molecule has 0 aliphatic heterocycles. The zero-order chi connectivity index (χ0) is 15.5. The van der Waals surface area contributed by atoms with Gasteiger partial charge in [-0.2, -0.15) is 13.2 Å². The summed E-state index contributed by atoms with van der Waals surface area (Å²) in [5.74, 6) is -1.81. The van der Waals surface area contributed by atoms with Gasteiger partial charge >= 0.3 is 12.1 Å². The summed E-state index contributed by atoms with van der Waals surface area (Å²) >= 11 is 0. The maximum atomic E-state index is 12.8. The van der Waals surface area contributed by atoms with E-state index in [0.717, 1.165) is 14.2 Å². The molecule has 9 heteroatoms. The highest BCUT2D eigenvalue weighted by molar-refractivity contribution is 5.72. The Morgan fingerprint density at radius 3 is 2.35 bits per heavy atom. The number of halogens is 5. The van der Waals surface area contributed by atoms with E-state index in [0.29, 0.717) is 6.07 Å². The number of hydrogen-bond acceptors (Lipinski definition) is 4. The highest BCUT2D eigenvalue weighted by Crippen LogP contribution is 2.37. The summed E-state index contributed by atoms with van der Waals surface area (Å²) in [5.41, 5.74) is -2.97. The van der Waals surface area contributed by atoms with Crippen molar-refractivity contribution < 1.29 is 36.2 Å². The fourth-order valence-corrected chi connectivity index (χ4v) is 1.45. The fourth-order valence-electron chi connectivity index (χ4n) is 1.45. The van der Waals surface area contributed by atoms with Crippen molar-refractivity contribution in [3.63, 3.8) is 0 Å². The highest BCUT2D eigenvalue weighted by Gasteiger charge is 2.38. The van der Waals surface area contributed by atoms with Crippen molar-refractivity contribution in [2.45, 2.75) is 19.0 Å². The summed E-state index contributed by atoms with van der Waals surface area (Å²) in [6, 6.07) is 0.527. The Labute approximate surface area is 110 Å². The number of nitrogens with zero attached hydrogens (tertiary/aromatic N) is 1. The Kier molecular flexibility index (Phi) is 4.85. The van der Waals surface area contributed by atoms with Gasteiger partial charge in [-0.05, 0) is 6.07 Å². The number of carbonyl (C=O) groups excluding carboxylic acids is 1. The normalized spacial score (nSPS) is 11.6. The summed E-state index contributed by atoms with van der Waals surface area (Å²) in [6.45, 7) is 0. The van der Waals surface area contributed by atoms with Crippen molar-refractivity contribution in [1.29, 1.82) is 0 Å². The lowest BCUT2D eigenvalue weighted by Crippen LogP contribution is -2.16. The van der Waals surface area contributed by atoms with Crippen LogP contribution in [0.3, 0.4) is 0 Å². The molecule has 1 aromatic rings. The average molecular weight is 299 g/mol. The Bertz CT molecular complexity index is 502. The zero-order valence-electron chi connectivity index (χ0n) is 10.4. The van der Waals surface area contributed by atoms with Crippen LogP contribution < -0.4 is 4.74 Å². The molecule has 20 heavy (non-hydrogen) atoms. The number of carbonyl (C=O) groups is 1. The summed E-state index contributed by atoms with van der Waals surface area (Å²) < 4.78 is 72.4. The van der Waals surface area contributed by atoms with Crippen LogP contribution in [0.25, 0.3) is 0 Å². The number of esters is 1. The number of rotatable bonds is 4. The molecule has 1 heterocycles. The van der Waals surface area contributed by atoms with Gasteiger partial charge < -0.3 is 9.47 Å². The molecule has 0 bridgehead atoms. The molecule has 0 aromatic carbocycles. The molecule has 0 aliphatic rings. The fraction of sp³-hybridized carbons (Fsp3) is 0.455. The first-order valence-corrected chi connectivity index (χ1v) is 5.20. The minimum absolute atomic E-state index is 0.527. The van der Waals surface area contributed by atoms with Gasteiger partial charge in [-0.3, -0.25) is 4.79 Å². The molecule has 0 amide bonds. The van der Waals surface area contributed by atoms with Crippen molar-refractivity contribution in [1.82, 2.24) is 4.98 Å². The summed E-state index contributed by atoms with van der Waals surface area (Å²) in [4.78, 5) is 14.1. The summed E-state index contributed by atoms with van der Waals surface area (Å²) in [5, 5.41) is 0. The van der Waals surface area contributed by atoms with Gasteiger partial charge in [0.25, 0.3) is 6.43 Å². The van der Waals surface area contributed by atoms with E-state index in [2.05, 4.69) is 14.5 Å². The van der Waals surface area contributed by atoms with Crippen LogP contribution in [0, 0.1) is 0 Å². The molecule has 112 valence electrons. The van der Waals surface area contributed by atoms with E-state index in [1.807, 2.05) is 0 Å². The zero-order valence-corrected chi connectivity index (χ0v) is 10.4. The minimum Gasteiger partial charge on any atom is -0.494 e. The predicted molar refractivity (Wildman–Crippen MR) is 56.5 cm³/mol. The molecular formula is C11H10F5NO3. The molecule has 0 saturated carbocycles. The second-order valence-electron chi connectivity index (χ2n) is 3.63. The molecule has 0 aliphatic carbocycles. The molecule has 0 spiro atoms. The topological polar surface area (TPSA) is 48.4 Å². The Balaban J connectivity index is 3.42. The maximum Gasteiger partial charge on any atom is 0.437 e. The molecule has 4 nitrogen and oxygen atoms in total. The largest absolute Gasteiger partial charge is 0.494 e. The number of pyridine rings is 1. The van der Waals surface area contributed by atoms with E-state index in [-0.39, 0.29) is 0 Å². The van der Waals surface area contributed by atoms with Crippen LogP contribution in [0.4, 0.5) is 22.0 Å². The lowest BCUT2D eigenvalue weighted by atomic mass is 10.1. The van der Waals surface area contributed by atoms with Crippen molar-refractivity contribution in [2.75, 3.05) is 14.2 Å². The Morgan fingerprint density at radius 1 is 1.35 bits per heavy atom. The van der Waals surface area contributed by atoms with Crippen LogP contribution in [0.2, 0.25) is 0 Å². The maximum absolute atomic E-state index is 12.8. The van der Waals surface area contributed by atoms with Gasteiger partial charge in [0.2, 0.25) is 0 Å². The van der Waals surface area contributed by atoms with E-state index in [1.165, 1.54) is 0 Å². The second-order valence-corrected chi connectivity index (χ2v) is 3.63. The van der Waals surface area contributed by atoms with Crippen LogP contribution >= 0.6 is 0 Å². The third-order valence-electron chi connectivity index (χ3n) is 2.36. The van der Waals surface area contributed by atoms with Crippen molar-refractivity contribution in [3.8, 4) is 5.75 Å². The van der Waals surface area contributed by atoms with E-state index < -0.39 is 47.7 Å². The molecule has 0 saturated heterocycles. The standard InChI is InChI=1S/C11H10F5NO3/c1-19-7-3-5(10(12)13)6(4-8(18)20-2)17-9(7)11(14,15)16/h3,10H,4H2,1-2H3. The molecule has 1 rings (SSSR count). The van der Waals surface area contributed by atoms with E-state index in [4.69, 9.17) is 0 Å². The van der Waals surface area contributed by atoms with Crippen molar-refractivity contribution in [2.24, 2.45) is 0 Å². The first kappa shape index (κ1) is 16.1. The van der Waals surface area contributed by atoms with Gasteiger partial charge in [0.15, 0.2) is 5.69 Å². The van der Waals surface area contributed by atoms with Crippen LogP contribution in [-0.2, 0) is 22.1 Å². The molecule has 1 aromatic heterocycles. The SMILES string of the molecule is COC(=O)Cc1nc(C(F)(F)F)c(OC)cc1C(F)F. The minimum atomic E-state index is -4.89. The lowest BCUT2D eigenvalue weighted by Gasteiger charge is -2.15. The van der Waals surface area contributed by atoms with Crippen molar-refractivity contribution >= 4 is 5.97 Å². The number of hydrogen-bond donors (Lipinski definition) is 0. The third-order valence-corrected chi connectivity index (χ3v) is 2.36. The van der Waals surface area contributed by atoms with Crippen LogP contribution in [-0.4, -0.2) is 25.2 Å². The predicted octanol–water partition coefficient (Wildman–Crippen LogP) is 2.76. The Hall–Kier alpha value is -1.93. The smallest absolute Gasteiger partial charge is 0.437 e. The Morgan fingerprint density at radius 2 is 1.95 bits per heavy atom. The third kappa shape index (κ3) is 3.55. The van der Waals surface area contributed by atoms with E-state index in [9.17, 15) is 26.7 Å². The first-order valence-electron chi connectivity index (χ1n) is 5.20. The summed E-state index contributed by atoms with van der Waals surface area (Å²) in [6.07, 6.45) is -8.78. The molecule has 0 unspecified atom stereocenters. The quantitative estimate of drug-likeness (QED) is 0.633. The van der Waals surface area contributed by atoms with Gasteiger partial charge in [-0.15, -0.1) is 0 Å². The monoisotopic (exact) mass is 299 g/mol. The molecule has 0 atom stereocenters. The number of ether oxygens (including phenoxy) is 2. The lowest BCUT2D eigenvalue weighted by molar-refractivity contribution is -0.143. The van der Waals surface area contributed by atoms with Gasteiger partial charge in [0.05, 0.1) is 26.3 Å². The van der Waals surface area contributed by atoms with Gasteiger partial charge in [-0.25, -0.2) is 13.8 Å².